The van der Waals surface area contributed by atoms with Crippen LogP contribution in [0.15, 0.2) is 12.1 Å². The van der Waals surface area contributed by atoms with Crippen LogP contribution in [-0.2, 0) is 4.79 Å². The van der Waals surface area contributed by atoms with Gasteiger partial charge in [-0.2, -0.15) is 0 Å². The standard InChI is InChI=1S/C14H16Cl2INO3/c1-8(2)18(5-3-4-12(19)20)14(21)10-6-9(15)7-11(16)13(10)17/h6-8H,3-5H2,1-2H3,(H,19,20). The topological polar surface area (TPSA) is 57.6 Å². The molecule has 7 heteroatoms. The van der Waals surface area contributed by atoms with Gasteiger partial charge in [0.25, 0.3) is 5.91 Å². The second-order valence-electron chi connectivity index (χ2n) is 4.84. The maximum Gasteiger partial charge on any atom is 0.303 e. The summed E-state index contributed by atoms with van der Waals surface area (Å²) >= 11 is 14.0. The quantitative estimate of drug-likeness (QED) is 0.526. The summed E-state index contributed by atoms with van der Waals surface area (Å²) in [7, 11) is 0. The van der Waals surface area contributed by atoms with E-state index in [9.17, 15) is 9.59 Å². The first-order valence-electron chi connectivity index (χ1n) is 6.41. The number of nitrogens with zero attached hydrogens (tertiary/aromatic N) is 1. The molecule has 0 aromatic heterocycles. The van der Waals surface area contributed by atoms with E-state index in [1.807, 2.05) is 36.4 Å². The van der Waals surface area contributed by atoms with Gasteiger partial charge in [-0.05, 0) is 55.0 Å². The molecule has 1 aromatic carbocycles. The molecule has 1 amide bonds. The highest BCUT2D eigenvalue weighted by atomic mass is 127. The number of benzene rings is 1. The summed E-state index contributed by atoms with van der Waals surface area (Å²) in [6.45, 7) is 4.15. The second kappa shape index (κ2) is 8.19. The third kappa shape index (κ3) is 5.30. The fourth-order valence-corrected chi connectivity index (χ4v) is 2.90. The third-order valence-corrected chi connectivity index (χ3v) is 4.89. The van der Waals surface area contributed by atoms with Gasteiger partial charge in [-0.1, -0.05) is 23.2 Å². The van der Waals surface area contributed by atoms with Gasteiger partial charge in [-0.25, -0.2) is 0 Å². The Labute approximate surface area is 147 Å². The number of hydrogen-bond donors (Lipinski definition) is 1. The lowest BCUT2D eigenvalue weighted by molar-refractivity contribution is -0.137. The molecule has 0 saturated heterocycles. The highest BCUT2D eigenvalue weighted by Crippen LogP contribution is 2.28. The Morgan fingerprint density at radius 2 is 1.95 bits per heavy atom. The summed E-state index contributed by atoms with van der Waals surface area (Å²) in [4.78, 5) is 24.9. The van der Waals surface area contributed by atoms with E-state index < -0.39 is 5.97 Å². The van der Waals surface area contributed by atoms with Crippen LogP contribution in [-0.4, -0.2) is 34.5 Å². The molecule has 0 spiro atoms. The summed E-state index contributed by atoms with van der Waals surface area (Å²) in [6.07, 6.45) is 0.439. The Kier molecular flexibility index (Phi) is 7.23. The minimum Gasteiger partial charge on any atom is -0.481 e. The normalized spacial score (nSPS) is 10.8. The molecule has 1 N–H and O–H groups in total. The number of amides is 1. The molecule has 0 heterocycles. The number of halogens is 3. The van der Waals surface area contributed by atoms with E-state index in [0.717, 1.165) is 0 Å². The van der Waals surface area contributed by atoms with Gasteiger partial charge in [0.15, 0.2) is 0 Å². The lowest BCUT2D eigenvalue weighted by atomic mass is 10.1. The molecule has 0 aliphatic rings. The zero-order chi connectivity index (χ0) is 16.2. The molecule has 0 bridgehead atoms. The molecule has 0 fully saturated rings. The van der Waals surface area contributed by atoms with Gasteiger partial charge in [-0.15, -0.1) is 0 Å². The van der Waals surface area contributed by atoms with Crippen LogP contribution < -0.4 is 0 Å². The molecule has 0 atom stereocenters. The van der Waals surface area contributed by atoms with Crippen molar-refractivity contribution in [2.24, 2.45) is 0 Å². The van der Waals surface area contributed by atoms with Crippen molar-refractivity contribution in [3.05, 3.63) is 31.3 Å². The van der Waals surface area contributed by atoms with Crippen molar-refractivity contribution in [2.75, 3.05) is 6.54 Å². The summed E-state index contributed by atoms with van der Waals surface area (Å²) in [5, 5.41) is 9.53. The molecule has 116 valence electrons. The Balaban J connectivity index is 2.98. The van der Waals surface area contributed by atoms with Crippen LogP contribution in [0.3, 0.4) is 0 Å². The summed E-state index contributed by atoms with van der Waals surface area (Å²) in [6, 6.07) is 3.13. The predicted octanol–water partition coefficient (Wildman–Crippen LogP) is 4.31. The zero-order valence-electron chi connectivity index (χ0n) is 11.7. The van der Waals surface area contributed by atoms with Crippen LogP contribution in [0.1, 0.15) is 37.0 Å². The van der Waals surface area contributed by atoms with Crippen LogP contribution in [0.2, 0.25) is 10.0 Å². The van der Waals surface area contributed by atoms with Crippen molar-refractivity contribution in [3.63, 3.8) is 0 Å². The maximum atomic E-state index is 12.6. The number of carbonyl (C=O) groups is 2. The van der Waals surface area contributed by atoms with Crippen LogP contribution in [0.5, 0.6) is 0 Å². The molecular weight excluding hydrogens is 428 g/mol. The minimum absolute atomic E-state index is 0.0316. The summed E-state index contributed by atoms with van der Waals surface area (Å²) < 4.78 is 0.646. The van der Waals surface area contributed by atoms with Gasteiger partial charge >= 0.3 is 5.97 Å². The highest BCUT2D eigenvalue weighted by Gasteiger charge is 2.22. The molecular formula is C14H16Cl2INO3. The lowest BCUT2D eigenvalue weighted by Crippen LogP contribution is -2.38. The van der Waals surface area contributed by atoms with E-state index in [0.29, 0.717) is 32.1 Å². The van der Waals surface area contributed by atoms with Crippen LogP contribution in [0.25, 0.3) is 0 Å². The van der Waals surface area contributed by atoms with Gasteiger partial charge in [-0.3, -0.25) is 9.59 Å². The molecule has 0 aliphatic carbocycles. The Hall–Kier alpha value is -0.530. The molecule has 4 nitrogen and oxygen atoms in total. The van der Waals surface area contributed by atoms with Gasteiger partial charge in [0.1, 0.15) is 0 Å². The Morgan fingerprint density at radius 3 is 2.48 bits per heavy atom. The predicted molar refractivity (Wildman–Crippen MR) is 92.2 cm³/mol. The van der Waals surface area contributed by atoms with Gasteiger partial charge in [0, 0.05) is 27.6 Å². The fourth-order valence-electron chi connectivity index (χ4n) is 1.86. The summed E-state index contributed by atoms with van der Waals surface area (Å²) in [5.41, 5.74) is 0.442. The Morgan fingerprint density at radius 1 is 1.33 bits per heavy atom. The molecule has 0 aliphatic heterocycles. The number of hydrogen-bond acceptors (Lipinski definition) is 2. The maximum absolute atomic E-state index is 12.6. The number of aliphatic carboxylic acids is 1. The molecule has 0 unspecified atom stereocenters. The van der Waals surface area contributed by atoms with Crippen LogP contribution in [0, 0.1) is 3.57 Å². The monoisotopic (exact) mass is 443 g/mol. The van der Waals surface area contributed by atoms with Crippen molar-refractivity contribution in [3.8, 4) is 0 Å². The average Bonchev–Trinajstić information content (AvgIpc) is 2.37. The first-order valence-corrected chi connectivity index (χ1v) is 8.24. The summed E-state index contributed by atoms with van der Waals surface area (Å²) in [5.74, 6) is -1.06. The van der Waals surface area contributed by atoms with E-state index in [4.69, 9.17) is 28.3 Å². The number of carbonyl (C=O) groups excluding carboxylic acids is 1. The first kappa shape index (κ1) is 18.5. The van der Waals surface area contributed by atoms with E-state index in [2.05, 4.69) is 0 Å². The van der Waals surface area contributed by atoms with E-state index >= 15 is 0 Å². The van der Waals surface area contributed by atoms with E-state index in [1.54, 1.807) is 17.0 Å². The van der Waals surface area contributed by atoms with E-state index in [1.165, 1.54) is 0 Å². The van der Waals surface area contributed by atoms with Gasteiger partial charge in [0.05, 0.1) is 10.6 Å². The fraction of sp³-hybridized carbons (Fsp3) is 0.429. The molecule has 21 heavy (non-hydrogen) atoms. The third-order valence-electron chi connectivity index (χ3n) is 2.90. The van der Waals surface area contributed by atoms with Crippen LogP contribution in [0.4, 0.5) is 0 Å². The number of carboxylic acid groups (broad SMARTS) is 1. The highest BCUT2D eigenvalue weighted by molar-refractivity contribution is 14.1. The van der Waals surface area contributed by atoms with E-state index in [-0.39, 0.29) is 18.4 Å². The average molecular weight is 444 g/mol. The largest absolute Gasteiger partial charge is 0.481 e. The molecule has 1 rings (SSSR count). The number of carboxylic acids is 1. The number of rotatable bonds is 6. The van der Waals surface area contributed by atoms with Crippen molar-refractivity contribution in [1.29, 1.82) is 0 Å². The first-order chi connectivity index (χ1) is 9.73. The zero-order valence-corrected chi connectivity index (χ0v) is 15.4. The minimum atomic E-state index is -0.869. The van der Waals surface area contributed by atoms with Crippen LogP contribution >= 0.6 is 45.8 Å². The molecule has 0 radical (unpaired) electrons. The lowest BCUT2D eigenvalue weighted by Gasteiger charge is -2.27. The second-order valence-corrected chi connectivity index (χ2v) is 6.76. The van der Waals surface area contributed by atoms with Crippen molar-refractivity contribution in [2.45, 2.75) is 32.7 Å². The van der Waals surface area contributed by atoms with Crippen molar-refractivity contribution >= 4 is 57.7 Å². The SMILES string of the molecule is CC(C)N(CCCC(=O)O)C(=O)c1cc(Cl)cc(Cl)c1I. The van der Waals surface area contributed by atoms with Gasteiger partial charge < -0.3 is 10.0 Å². The molecule has 1 aromatic rings. The smallest absolute Gasteiger partial charge is 0.303 e. The van der Waals surface area contributed by atoms with Gasteiger partial charge in [0.2, 0.25) is 0 Å². The Bertz CT molecular complexity index is 549. The van der Waals surface area contributed by atoms with Crippen molar-refractivity contribution < 1.29 is 14.7 Å². The molecule has 0 saturated carbocycles. The van der Waals surface area contributed by atoms with Crippen molar-refractivity contribution in [1.82, 2.24) is 4.90 Å².